The van der Waals surface area contributed by atoms with Crippen LogP contribution in [-0.4, -0.2) is 25.5 Å². The summed E-state index contributed by atoms with van der Waals surface area (Å²) >= 11 is 0. The average Bonchev–Trinajstić information content (AvgIpc) is 2.48. The molecule has 0 bridgehead atoms. The first kappa shape index (κ1) is 15.1. The van der Waals surface area contributed by atoms with Gasteiger partial charge in [0.05, 0.1) is 12.1 Å². The summed E-state index contributed by atoms with van der Waals surface area (Å²) in [6.45, 7) is 1.19. The maximum atomic E-state index is 12.5. The van der Waals surface area contributed by atoms with Gasteiger partial charge in [-0.25, -0.2) is 0 Å². The summed E-state index contributed by atoms with van der Waals surface area (Å²) in [5, 5.41) is 12.0. The Kier molecular flexibility index (Phi) is 4.29. The van der Waals surface area contributed by atoms with E-state index < -0.39 is 17.5 Å². The molecule has 0 aliphatic carbocycles. The lowest BCUT2D eigenvalue weighted by Crippen LogP contribution is -2.30. The first-order valence-corrected chi connectivity index (χ1v) is 6.12. The molecule has 1 fully saturated rings. The average molecular weight is 296 g/mol. The highest BCUT2D eigenvalue weighted by Crippen LogP contribution is 2.29. The number of morpholine rings is 1. The number of carbonyl (C=O) groups excluding carboxylic acids is 1. The highest BCUT2D eigenvalue weighted by atomic mass is 19.4. The summed E-state index contributed by atoms with van der Waals surface area (Å²) in [7, 11) is 0. The Morgan fingerprint density at radius 2 is 1.95 bits per heavy atom. The van der Waals surface area contributed by atoms with Crippen LogP contribution in [0.5, 0.6) is 0 Å². The summed E-state index contributed by atoms with van der Waals surface area (Å²) in [6.07, 6.45) is -4.46. The molecule has 0 spiro atoms. The molecule has 7 heteroatoms. The van der Waals surface area contributed by atoms with Crippen molar-refractivity contribution < 1.29 is 22.7 Å². The third-order valence-electron chi connectivity index (χ3n) is 2.93. The van der Waals surface area contributed by atoms with Gasteiger partial charge < -0.3 is 10.1 Å². The van der Waals surface area contributed by atoms with E-state index in [-0.39, 0.29) is 23.4 Å². The number of Topliss-reactive ketones (excluding diaryl/α,β-unsaturated/α-hetero) is 1. The lowest BCUT2D eigenvalue weighted by Gasteiger charge is -2.18. The number of benzene rings is 1. The number of halogens is 3. The number of alkyl halides is 3. The van der Waals surface area contributed by atoms with E-state index in [4.69, 9.17) is 10.00 Å². The van der Waals surface area contributed by atoms with Crippen molar-refractivity contribution >= 4 is 5.78 Å². The molecule has 1 saturated heterocycles. The van der Waals surface area contributed by atoms with Crippen molar-refractivity contribution in [2.45, 2.75) is 6.18 Å². The zero-order valence-corrected chi connectivity index (χ0v) is 10.8. The second kappa shape index (κ2) is 5.97. The van der Waals surface area contributed by atoms with Crippen molar-refractivity contribution in [2.75, 3.05) is 19.7 Å². The highest BCUT2D eigenvalue weighted by Gasteiger charge is 2.30. The third kappa shape index (κ3) is 3.41. The summed E-state index contributed by atoms with van der Waals surface area (Å²) < 4.78 is 42.6. The molecule has 0 atom stereocenters. The Morgan fingerprint density at radius 3 is 2.43 bits per heavy atom. The standard InChI is InChI=1S/C14H11F3N2O2/c15-14(16,17)10-3-1-9(2-4-10)13(20)11(7-18)12-8-19-5-6-21-12/h1-4,19H,5-6,8H2. The van der Waals surface area contributed by atoms with Crippen molar-refractivity contribution in [1.82, 2.24) is 5.32 Å². The van der Waals surface area contributed by atoms with Crippen LogP contribution >= 0.6 is 0 Å². The van der Waals surface area contributed by atoms with Crippen LogP contribution in [0.1, 0.15) is 15.9 Å². The minimum Gasteiger partial charge on any atom is -0.494 e. The Labute approximate surface area is 118 Å². The number of allylic oxidation sites excluding steroid dienone is 1. The highest BCUT2D eigenvalue weighted by molar-refractivity contribution is 6.11. The van der Waals surface area contributed by atoms with E-state index >= 15 is 0 Å². The van der Waals surface area contributed by atoms with Crippen LogP contribution in [0, 0.1) is 11.3 Å². The van der Waals surface area contributed by atoms with Crippen LogP contribution in [-0.2, 0) is 10.9 Å². The fourth-order valence-corrected chi connectivity index (χ4v) is 1.85. The predicted octanol–water partition coefficient (Wildman–Crippen LogP) is 2.29. The number of nitriles is 1. The summed E-state index contributed by atoms with van der Waals surface area (Å²) in [5.41, 5.74) is -1.02. The Morgan fingerprint density at radius 1 is 1.29 bits per heavy atom. The minimum absolute atomic E-state index is 0.0150. The molecule has 1 heterocycles. The Bertz CT molecular complexity index is 605. The number of ether oxygens (including phenoxy) is 1. The smallest absolute Gasteiger partial charge is 0.416 e. The van der Waals surface area contributed by atoms with E-state index in [1.165, 1.54) is 0 Å². The molecule has 1 N–H and O–H groups in total. The lowest BCUT2D eigenvalue weighted by molar-refractivity contribution is -0.137. The molecule has 1 aliphatic heterocycles. The number of ketones is 1. The summed E-state index contributed by atoms with van der Waals surface area (Å²) in [6, 6.07) is 5.49. The largest absolute Gasteiger partial charge is 0.494 e. The van der Waals surface area contributed by atoms with Gasteiger partial charge in [-0.3, -0.25) is 4.79 Å². The predicted molar refractivity (Wildman–Crippen MR) is 67.2 cm³/mol. The van der Waals surface area contributed by atoms with Crippen LogP contribution in [0.15, 0.2) is 35.6 Å². The van der Waals surface area contributed by atoms with Gasteiger partial charge in [-0.05, 0) is 12.1 Å². The topological polar surface area (TPSA) is 62.1 Å². The van der Waals surface area contributed by atoms with E-state index in [0.29, 0.717) is 13.2 Å². The number of hydrogen-bond donors (Lipinski definition) is 1. The molecular formula is C14H11F3N2O2. The molecule has 1 aromatic carbocycles. The van der Waals surface area contributed by atoms with Gasteiger partial charge in [-0.1, -0.05) is 12.1 Å². The molecule has 0 radical (unpaired) electrons. The SMILES string of the molecule is N#CC(C(=O)c1ccc(C(F)(F)F)cc1)=C1CNCCO1. The molecule has 0 saturated carbocycles. The van der Waals surface area contributed by atoms with Crippen LogP contribution in [0.3, 0.4) is 0 Å². The van der Waals surface area contributed by atoms with E-state index in [2.05, 4.69) is 5.32 Å². The lowest BCUT2D eigenvalue weighted by atomic mass is 10.0. The van der Waals surface area contributed by atoms with Gasteiger partial charge >= 0.3 is 6.18 Å². The van der Waals surface area contributed by atoms with Gasteiger partial charge in [0.15, 0.2) is 0 Å². The molecule has 110 valence electrons. The number of nitrogens with one attached hydrogen (secondary N) is 1. The quantitative estimate of drug-likeness (QED) is 0.517. The van der Waals surface area contributed by atoms with E-state index in [0.717, 1.165) is 24.3 Å². The normalized spacial score (nSPS) is 17.6. The number of rotatable bonds is 2. The van der Waals surface area contributed by atoms with E-state index in [1.807, 2.05) is 0 Å². The van der Waals surface area contributed by atoms with Gasteiger partial charge in [0, 0.05) is 12.1 Å². The van der Waals surface area contributed by atoms with Crippen molar-refractivity contribution in [3.63, 3.8) is 0 Å². The fraction of sp³-hybridized carbons (Fsp3) is 0.286. The molecule has 0 aromatic heterocycles. The van der Waals surface area contributed by atoms with Crippen molar-refractivity contribution in [3.8, 4) is 6.07 Å². The van der Waals surface area contributed by atoms with Gasteiger partial charge in [-0.2, -0.15) is 18.4 Å². The molecule has 2 rings (SSSR count). The van der Waals surface area contributed by atoms with Crippen LogP contribution in [0.25, 0.3) is 0 Å². The molecule has 1 aromatic rings. The second-order valence-corrected chi connectivity index (χ2v) is 4.34. The zero-order valence-electron chi connectivity index (χ0n) is 10.8. The maximum Gasteiger partial charge on any atom is 0.416 e. The molecular weight excluding hydrogens is 285 g/mol. The van der Waals surface area contributed by atoms with Crippen molar-refractivity contribution in [1.29, 1.82) is 5.26 Å². The van der Waals surface area contributed by atoms with E-state index in [9.17, 15) is 18.0 Å². The van der Waals surface area contributed by atoms with Crippen LogP contribution in [0.2, 0.25) is 0 Å². The van der Waals surface area contributed by atoms with Crippen molar-refractivity contribution in [3.05, 3.63) is 46.7 Å². The molecule has 4 nitrogen and oxygen atoms in total. The molecule has 0 amide bonds. The zero-order chi connectivity index (χ0) is 15.5. The number of hydrogen-bond acceptors (Lipinski definition) is 4. The van der Waals surface area contributed by atoms with Crippen molar-refractivity contribution in [2.24, 2.45) is 0 Å². The molecule has 1 aliphatic rings. The van der Waals surface area contributed by atoms with E-state index in [1.54, 1.807) is 6.07 Å². The van der Waals surface area contributed by atoms with Gasteiger partial charge in [-0.15, -0.1) is 0 Å². The minimum atomic E-state index is -4.46. The fourth-order valence-electron chi connectivity index (χ4n) is 1.85. The van der Waals surface area contributed by atoms with Gasteiger partial charge in [0.2, 0.25) is 5.78 Å². The monoisotopic (exact) mass is 296 g/mol. The third-order valence-corrected chi connectivity index (χ3v) is 2.93. The first-order chi connectivity index (χ1) is 9.93. The first-order valence-electron chi connectivity index (χ1n) is 6.12. The number of nitrogens with zero attached hydrogens (tertiary/aromatic N) is 1. The summed E-state index contributed by atoms with van der Waals surface area (Å²) in [4.78, 5) is 12.2. The van der Waals surface area contributed by atoms with Crippen LogP contribution in [0.4, 0.5) is 13.2 Å². The molecule has 21 heavy (non-hydrogen) atoms. The van der Waals surface area contributed by atoms with Crippen LogP contribution < -0.4 is 5.32 Å². The van der Waals surface area contributed by atoms with Gasteiger partial charge in [0.1, 0.15) is 24.0 Å². The second-order valence-electron chi connectivity index (χ2n) is 4.34. The van der Waals surface area contributed by atoms with Gasteiger partial charge in [0.25, 0.3) is 0 Å². The maximum absolute atomic E-state index is 12.5. The molecule has 0 unspecified atom stereocenters. The number of carbonyl (C=O) groups is 1. The Hall–Kier alpha value is -2.33. The Balaban J connectivity index is 2.29. The summed E-state index contributed by atoms with van der Waals surface area (Å²) in [5.74, 6) is -0.432.